The highest BCUT2D eigenvalue weighted by molar-refractivity contribution is 5.04. The van der Waals surface area contributed by atoms with Crippen molar-refractivity contribution >= 4 is 0 Å². The van der Waals surface area contributed by atoms with Gasteiger partial charge in [-0.25, -0.2) is 0 Å². The van der Waals surface area contributed by atoms with Gasteiger partial charge in [-0.1, -0.05) is 6.92 Å². The Labute approximate surface area is 112 Å². The topological polar surface area (TPSA) is 24.5 Å². The number of hydrogen-bond acceptors (Lipinski definition) is 3. The van der Waals surface area contributed by atoms with Crippen LogP contribution < -0.4 is 5.32 Å². The van der Waals surface area contributed by atoms with Crippen molar-refractivity contribution in [3.8, 4) is 0 Å². The Morgan fingerprint density at radius 2 is 1.89 bits per heavy atom. The van der Waals surface area contributed by atoms with Crippen molar-refractivity contribution in [2.24, 2.45) is 11.8 Å². The maximum atomic E-state index is 5.62. The molecule has 0 spiro atoms. The molecule has 1 saturated carbocycles. The maximum Gasteiger partial charge on any atom is 0.0510 e. The Morgan fingerprint density at radius 3 is 2.33 bits per heavy atom. The van der Waals surface area contributed by atoms with Crippen LogP contribution in [0, 0.1) is 11.8 Å². The van der Waals surface area contributed by atoms with E-state index < -0.39 is 0 Å². The van der Waals surface area contributed by atoms with Gasteiger partial charge in [0.25, 0.3) is 0 Å². The molecule has 106 valence electrons. The molecule has 3 nitrogen and oxygen atoms in total. The summed E-state index contributed by atoms with van der Waals surface area (Å²) in [5, 5.41) is 3.63. The highest BCUT2D eigenvalue weighted by Crippen LogP contribution is 2.41. The first-order valence-electron chi connectivity index (χ1n) is 7.52. The Hall–Kier alpha value is -0.120. The minimum atomic E-state index is 0.333. The van der Waals surface area contributed by atoms with E-state index >= 15 is 0 Å². The van der Waals surface area contributed by atoms with Gasteiger partial charge in [0.15, 0.2) is 0 Å². The largest absolute Gasteiger partial charge is 0.381 e. The summed E-state index contributed by atoms with van der Waals surface area (Å²) in [4.78, 5) is 2.48. The molecule has 2 atom stereocenters. The first-order valence-corrected chi connectivity index (χ1v) is 7.52. The minimum absolute atomic E-state index is 0.333. The third-order valence-corrected chi connectivity index (χ3v) is 5.36. The molecule has 0 aromatic heterocycles. The molecule has 0 aromatic rings. The van der Waals surface area contributed by atoms with Gasteiger partial charge in [0.05, 0.1) is 6.61 Å². The van der Waals surface area contributed by atoms with Crippen LogP contribution in [-0.4, -0.2) is 50.8 Å². The molecule has 1 N–H and O–H groups in total. The fraction of sp³-hybridized carbons (Fsp3) is 1.00. The van der Waals surface area contributed by atoms with Crippen LogP contribution in [0.2, 0.25) is 0 Å². The SMILES string of the molecule is CNC(C1CCOC1)C1(N(C)C)CCC(C)CC1. The summed E-state index contributed by atoms with van der Waals surface area (Å²) in [6.45, 7) is 4.28. The van der Waals surface area contributed by atoms with E-state index in [0.717, 1.165) is 19.1 Å². The average Bonchev–Trinajstić information content (AvgIpc) is 2.86. The van der Waals surface area contributed by atoms with Crippen molar-refractivity contribution in [3.05, 3.63) is 0 Å². The number of rotatable bonds is 4. The van der Waals surface area contributed by atoms with Crippen LogP contribution in [0.1, 0.15) is 39.0 Å². The third kappa shape index (κ3) is 2.59. The average molecular weight is 254 g/mol. The lowest BCUT2D eigenvalue weighted by Gasteiger charge is -2.51. The second-order valence-electron chi connectivity index (χ2n) is 6.57. The lowest BCUT2D eigenvalue weighted by Crippen LogP contribution is -2.62. The van der Waals surface area contributed by atoms with Crippen LogP contribution in [0.15, 0.2) is 0 Å². The van der Waals surface area contributed by atoms with E-state index in [0.29, 0.717) is 17.5 Å². The van der Waals surface area contributed by atoms with Crippen LogP contribution in [0.5, 0.6) is 0 Å². The van der Waals surface area contributed by atoms with Gasteiger partial charge >= 0.3 is 0 Å². The zero-order valence-corrected chi connectivity index (χ0v) is 12.5. The number of nitrogens with zero attached hydrogens (tertiary/aromatic N) is 1. The maximum absolute atomic E-state index is 5.62. The summed E-state index contributed by atoms with van der Waals surface area (Å²) in [5.41, 5.74) is 0.333. The Balaban J connectivity index is 2.16. The van der Waals surface area contributed by atoms with Crippen molar-refractivity contribution in [1.29, 1.82) is 0 Å². The third-order valence-electron chi connectivity index (χ3n) is 5.36. The van der Waals surface area contributed by atoms with Crippen molar-refractivity contribution in [1.82, 2.24) is 10.2 Å². The van der Waals surface area contributed by atoms with Gasteiger partial charge in [0.1, 0.15) is 0 Å². The van der Waals surface area contributed by atoms with Crippen LogP contribution in [0.3, 0.4) is 0 Å². The molecule has 2 rings (SSSR count). The van der Waals surface area contributed by atoms with E-state index in [4.69, 9.17) is 4.74 Å². The molecule has 1 saturated heterocycles. The first-order chi connectivity index (χ1) is 8.60. The van der Waals surface area contributed by atoms with Gasteiger partial charge in [0, 0.05) is 24.1 Å². The number of nitrogens with one attached hydrogen (secondary N) is 1. The van der Waals surface area contributed by atoms with E-state index in [2.05, 4.69) is 38.3 Å². The highest BCUT2D eigenvalue weighted by Gasteiger charge is 2.46. The Kier molecular flexibility index (Phi) is 4.68. The van der Waals surface area contributed by atoms with Crippen LogP contribution in [-0.2, 0) is 4.74 Å². The van der Waals surface area contributed by atoms with Gasteiger partial charge < -0.3 is 15.0 Å². The van der Waals surface area contributed by atoms with E-state index in [1.165, 1.54) is 32.1 Å². The van der Waals surface area contributed by atoms with Crippen LogP contribution in [0.4, 0.5) is 0 Å². The standard InChI is InChI=1S/C15H30N2O/c1-12-5-8-15(9-6-12,17(3)4)14(16-2)13-7-10-18-11-13/h12-14,16H,5-11H2,1-4H3. The van der Waals surface area contributed by atoms with Crippen molar-refractivity contribution < 1.29 is 4.74 Å². The summed E-state index contributed by atoms with van der Waals surface area (Å²) in [6.07, 6.45) is 6.59. The smallest absolute Gasteiger partial charge is 0.0510 e. The molecule has 1 heterocycles. The van der Waals surface area contributed by atoms with Gasteiger partial charge in [-0.05, 0) is 59.2 Å². The summed E-state index contributed by atoms with van der Waals surface area (Å²) < 4.78 is 5.62. The van der Waals surface area contributed by atoms with Crippen LogP contribution in [0.25, 0.3) is 0 Å². The molecule has 18 heavy (non-hydrogen) atoms. The lowest BCUT2D eigenvalue weighted by atomic mass is 9.68. The number of hydrogen-bond donors (Lipinski definition) is 1. The molecule has 3 heteroatoms. The molecule has 1 aliphatic carbocycles. The summed E-state index contributed by atoms with van der Waals surface area (Å²) in [7, 11) is 6.65. The zero-order chi connectivity index (χ0) is 13.2. The molecule has 0 amide bonds. The summed E-state index contributed by atoms with van der Waals surface area (Å²) >= 11 is 0. The summed E-state index contributed by atoms with van der Waals surface area (Å²) in [5.74, 6) is 1.58. The predicted molar refractivity (Wildman–Crippen MR) is 75.8 cm³/mol. The number of ether oxygens (including phenoxy) is 1. The van der Waals surface area contributed by atoms with E-state index in [1.54, 1.807) is 0 Å². The molecule has 2 aliphatic rings. The lowest BCUT2D eigenvalue weighted by molar-refractivity contribution is 0.0213. The van der Waals surface area contributed by atoms with Crippen molar-refractivity contribution in [2.45, 2.75) is 50.6 Å². The normalized spacial score (nSPS) is 39.2. The predicted octanol–water partition coefficient (Wildman–Crippen LogP) is 2.12. The second-order valence-corrected chi connectivity index (χ2v) is 6.57. The molecule has 0 radical (unpaired) electrons. The highest BCUT2D eigenvalue weighted by atomic mass is 16.5. The molecule has 2 unspecified atom stereocenters. The molecular weight excluding hydrogens is 224 g/mol. The van der Waals surface area contributed by atoms with Gasteiger partial charge in [0.2, 0.25) is 0 Å². The molecular formula is C15H30N2O. The minimum Gasteiger partial charge on any atom is -0.381 e. The fourth-order valence-corrected chi connectivity index (χ4v) is 4.06. The Bertz CT molecular complexity index is 253. The van der Waals surface area contributed by atoms with E-state index in [1.807, 2.05) is 0 Å². The molecule has 2 fully saturated rings. The van der Waals surface area contributed by atoms with Gasteiger partial charge in [-0.2, -0.15) is 0 Å². The second kappa shape index (κ2) is 5.89. The molecule has 1 aliphatic heterocycles. The summed E-state index contributed by atoms with van der Waals surface area (Å²) in [6, 6.07) is 0.572. The Morgan fingerprint density at radius 1 is 1.22 bits per heavy atom. The molecule has 0 aromatic carbocycles. The van der Waals surface area contributed by atoms with E-state index in [9.17, 15) is 0 Å². The van der Waals surface area contributed by atoms with Crippen LogP contribution >= 0.6 is 0 Å². The van der Waals surface area contributed by atoms with Crippen molar-refractivity contribution in [3.63, 3.8) is 0 Å². The first kappa shape index (κ1) is 14.3. The zero-order valence-electron chi connectivity index (χ0n) is 12.5. The number of likely N-dealkylation sites (N-methyl/N-ethyl adjacent to an activating group) is 2. The fourth-order valence-electron chi connectivity index (χ4n) is 4.06. The van der Waals surface area contributed by atoms with Crippen molar-refractivity contribution in [2.75, 3.05) is 34.4 Å². The monoisotopic (exact) mass is 254 g/mol. The molecule has 0 bridgehead atoms. The quantitative estimate of drug-likeness (QED) is 0.832. The van der Waals surface area contributed by atoms with E-state index in [-0.39, 0.29) is 0 Å². The van der Waals surface area contributed by atoms with Gasteiger partial charge in [-0.3, -0.25) is 0 Å². The van der Waals surface area contributed by atoms with Gasteiger partial charge in [-0.15, -0.1) is 0 Å².